The van der Waals surface area contributed by atoms with Crippen LogP contribution >= 0.6 is 0 Å². The minimum Gasteiger partial charge on any atom is -0.486 e. The highest BCUT2D eigenvalue weighted by Gasteiger charge is 2.17. The highest BCUT2D eigenvalue weighted by atomic mass is 32.2. The summed E-state index contributed by atoms with van der Waals surface area (Å²) in [6, 6.07) is 5.86. The molecule has 0 saturated heterocycles. The molecule has 1 aliphatic rings. The van der Waals surface area contributed by atoms with Crippen LogP contribution in [0, 0.1) is 0 Å². The molecule has 24 heavy (non-hydrogen) atoms. The lowest BCUT2D eigenvalue weighted by Crippen LogP contribution is -2.31. The van der Waals surface area contributed by atoms with Crippen LogP contribution in [0.2, 0.25) is 0 Å². The highest BCUT2D eigenvalue weighted by Crippen LogP contribution is 2.34. The average Bonchev–Trinajstić information content (AvgIpc) is 2.53. The number of hydrogen-bond acceptors (Lipinski definition) is 5. The minimum absolute atomic E-state index is 0.0716. The first kappa shape index (κ1) is 18.9. The molecule has 1 heterocycles. The van der Waals surface area contributed by atoms with Gasteiger partial charge in [-0.25, -0.2) is 13.1 Å². The van der Waals surface area contributed by atoms with Crippen LogP contribution in [-0.4, -0.2) is 39.5 Å². The van der Waals surface area contributed by atoms with Crippen LogP contribution in [-0.2, 0) is 10.0 Å². The van der Waals surface area contributed by atoms with Crippen molar-refractivity contribution in [2.45, 2.75) is 51.4 Å². The van der Waals surface area contributed by atoms with Crippen molar-refractivity contribution in [2.75, 3.05) is 25.0 Å². The second kappa shape index (κ2) is 8.58. The number of anilines is 1. The minimum atomic E-state index is -3.14. The molecule has 0 amide bonds. The molecule has 0 radical (unpaired) electrons. The van der Waals surface area contributed by atoms with Gasteiger partial charge in [0.2, 0.25) is 10.0 Å². The van der Waals surface area contributed by atoms with Gasteiger partial charge >= 0.3 is 0 Å². The largest absolute Gasteiger partial charge is 0.486 e. The third-order valence-corrected chi connectivity index (χ3v) is 5.70. The summed E-state index contributed by atoms with van der Waals surface area (Å²) in [5, 5.41) is 2.98. The number of sulfonamides is 1. The summed E-state index contributed by atoms with van der Waals surface area (Å²) < 4.78 is 37.2. The topological polar surface area (TPSA) is 76.7 Å². The van der Waals surface area contributed by atoms with E-state index >= 15 is 0 Å². The van der Waals surface area contributed by atoms with Crippen LogP contribution in [0.4, 0.5) is 5.69 Å². The summed E-state index contributed by atoms with van der Waals surface area (Å²) in [6.45, 7) is 7.27. The summed E-state index contributed by atoms with van der Waals surface area (Å²) in [7, 11) is -3.14. The molecule has 1 aromatic rings. The van der Waals surface area contributed by atoms with Gasteiger partial charge in [-0.1, -0.05) is 6.42 Å². The molecule has 136 valence electrons. The van der Waals surface area contributed by atoms with Gasteiger partial charge < -0.3 is 14.8 Å². The zero-order valence-electron chi connectivity index (χ0n) is 14.7. The van der Waals surface area contributed by atoms with Crippen LogP contribution in [0.25, 0.3) is 0 Å². The Hall–Kier alpha value is -1.47. The third-order valence-electron chi connectivity index (χ3n) is 3.85. The fourth-order valence-corrected chi connectivity index (χ4v) is 3.09. The summed E-state index contributed by atoms with van der Waals surface area (Å²) in [6.07, 6.45) is 2.86. The van der Waals surface area contributed by atoms with Crippen molar-refractivity contribution in [1.82, 2.24) is 4.72 Å². The zero-order chi connectivity index (χ0) is 17.6. The van der Waals surface area contributed by atoms with E-state index in [1.165, 1.54) is 0 Å². The third kappa shape index (κ3) is 5.56. The Labute approximate surface area is 145 Å². The van der Waals surface area contributed by atoms with E-state index in [2.05, 4.69) is 10.0 Å². The Morgan fingerprint density at radius 1 is 1.17 bits per heavy atom. The highest BCUT2D eigenvalue weighted by molar-refractivity contribution is 7.90. The van der Waals surface area contributed by atoms with Crippen molar-refractivity contribution in [3.8, 4) is 11.5 Å². The van der Waals surface area contributed by atoms with Gasteiger partial charge in [-0.15, -0.1) is 0 Å². The zero-order valence-corrected chi connectivity index (χ0v) is 15.5. The van der Waals surface area contributed by atoms with Crippen molar-refractivity contribution < 1.29 is 17.9 Å². The molecule has 0 spiro atoms. The number of hydrogen-bond donors (Lipinski definition) is 2. The number of nitrogens with one attached hydrogen (secondary N) is 2. The van der Waals surface area contributed by atoms with E-state index in [0.29, 0.717) is 13.2 Å². The van der Waals surface area contributed by atoms with Crippen molar-refractivity contribution in [1.29, 1.82) is 0 Å². The molecule has 0 bridgehead atoms. The molecular weight excluding hydrogens is 328 g/mol. The average molecular weight is 356 g/mol. The summed E-state index contributed by atoms with van der Waals surface area (Å²) in [4.78, 5) is 0. The van der Waals surface area contributed by atoms with Crippen LogP contribution in [0.3, 0.4) is 0 Å². The van der Waals surface area contributed by atoms with E-state index in [-0.39, 0.29) is 11.4 Å². The van der Waals surface area contributed by atoms with E-state index in [4.69, 9.17) is 9.47 Å². The summed E-state index contributed by atoms with van der Waals surface area (Å²) in [5.41, 5.74) is 1.01. The molecular formula is C17H28N2O4S. The van der Waals surface area contributed by atoms with Gasteiger partial charge in [-0.2, -0.15) is 0 Å². The van der Waals surface area contributed by atoms with Crippen molar-refractivity contribution in [3.63, 3.8) is 0 Å². The molecule has 0 aliphatic carbocycles. The fourth-order valence-electron chi connectivity index (χ4n) is 2.33. The van der Waals surface area contributed by atoms with Gasteiger partial charge in [0.1, 0.15) is 12.7 Å². The predicted molar refractivity (Wildman–Crippen MR) is 96.4 cm³/mol. The van der Waals surface area contributed by atoms with Crippen molar-refractivity contribution >= 4 is 15.7 Å². The van der Waals surface area contributed by atoms with E-state index in [1.54, 1.807) is 13.8 Å². The molecule has 0 saturated carbocycles. The SMILES string of the molecule is CC1COc2ccc(NCCCCCNS(=O)(=O)C(C)C)cc2O1. The molecule has 6 nitrogen and oxygen atoms in total. The Morgan fingerprint density at radius 2 is 1.92 bits per heavy atom. The number of unbranched alkanes of at least 4 members (excludes halogenated alkanes) is 2. The molecule has 2 rings (SSSR count). The summed E-state index contributed by atoms with van der Waals surface area (Å²) in [5.74, 6) is 1.57. The van der Waals surface area contributed by atoms with Crippen LogP contribution in [0.15, 0.2) is 18.2 Å². The van der Waals surface area contributed by atoms with Gasteiger partial charge in [0, 0.05) is 24.8 Å². The van der Waals surface area contributed by atoms with Gasteiger partial charge in [-0.05, 0) is 45.7 Å². The molecule has 1 aromatic carbocycles. The lowest BCUT2D eigenvalue weighted by Gasteiger charge is -2.24. The first-order chi connectivity index (χ1) is 11.4. The number of benzene rings is 1. The Kier molecular flexibility index (Phi) is 6.74. The fraction of sp³-hybridized carbons (Fsp3) is 0.647. The number of ether oxygens (including phenoxy) is 2. The second-order valence-corrected chi connectivity index (χ2v) is 8.70. The first-order valence-corrected chi connectivity index (χ1v) is 10.1. The van der Waals surface area contributed by atoms with Gasteiger partial charge in [0.05, 0.1) is 5.25 Å². The molecule has 0 fully saturated rings. The van der Waals surface area contributed by atoms with Crippen molar-refractivity contribution in [3.05, 3.63) is 18.2 Å². The molecule has 1 aliphatic heterocycles. The Balaban J connectivity index is 1.64. The van der Waals surface area contributed by atoms with E-state index < -0.39 is 10.0 Å². The molecule has 0 aromatic heterocycles. The van der Waals surface area contributed by atoms with E-state index in [1.807, 2.05) is 25.1 Å². The Bertz CT molecular complexity index is 631. The smallest absolute Gasteiger partial charge is 0.213 e. The maximum atomic E-state index is 11.6. The normalized spacial score (nSPS) is 17.1. The maximum absolute atomic E-state index is 11.6. The molecule has 1 unspecified atom stereocenters. The van der Waals surface area contributed by atoms with Gasteiger partial charge in [0.25, 0.3) is 0 Å². The quantitative estimate of drug-likeness (QED) is 0.665. The van der Waals surface area contributed by atoms with Crippen molar-refractivity contribution in [2.24, 2.45) is 0 Å². The Morgan fingerprint density at radius 3 is 2.67 bits per heavy atom. The van der Waals surface area contributed by atoms with Crippen LogP contribution in [0.1, 0.15) is 40.0 Å². The summed E-state index contributed by atoms with van der Waals surface area (Å²) >= 11 is 0. The maximum Gasteiger partial charge on any atom is 0.213 e. The van der Waals surface area contributed by atoms with Gasteiger partial charge in [-0.3, -0.25) is 0 Å². The number of rotatable bonds is 9. The first-order valence-electron chi connectivity index (χ1n) is 8.54. The van der Waals surface area contributed by atoms with E-state index in [0.717, 1.165) is 43.0 Å². The second-order valence-electron chi connectivity index (χ2n) is 6.38. The number of fused-ring (bicyclic) bond motifs is 1. The molecule has 2 N–H and O–H groups in total. The lowest BCUT2D eigenvalue weighted by molar-refractivity contribution is 0.104. The predicted octanol–water partition coefficient (Wildman–Crippen LogP) is 2.76. The monoisotopic (exact) mass is 356 g/mol. The van der Waals surface area contributed by atoms with Crippen LogP contribution in [0.5, 0.6) is 11.5 Å². The van der Waals surface area contributed by atoms with Gasteiger partial charge in [0.15, 0.2) is 11.5 Å². The molecule has 1 atom stereocenters. The van der Waals surface area contributed by atoms with Crippen LogP contribution < -0.4 is 19.5 Å². The lowest BCUT2D eigenvalue weighted by atomic mass is 10.2. The van der Waals surface area contributed by atoms with E-state index in [9.17, 15) is 8.42 Å². The standard InChI is InChI=1S/C17H28N2O4S/c1-13(2)24(20,21)19-10-6-4-5-9-18-15-7-8-16-17(11-15)23-14(3)12-22-16/h7-8,11,13-14,18-19H,4-6,9-10,12H2,1-3H3. The molecule has 7 heteroatoms.